The second kappa shape index (κ2) is 4.11. The lowest BCUT2D eigenvalue weighted by molar-refractivity contribution is 0.572. The molecule has 0 aromatic heterocycles. The van der Waals surface area contributed by atoms with E-state index in [0.717, 1.165) is 11.1 Å². The Hall–Kier alpha value is -0.870. The van der Waals surface area contributed by atoms with Crippen LogP contribution in [-0.4, -0.2) is 14.7 Å². The summed E-state index contributed by atoms with van der Waals surface area (Å²) in [6.45, 7) is 3.80. The Bertz CT molecular complexity index is 412. The van der Waals surface area contributed by atoms with Crippen molar-refractivity contribution in [2.75, 3.05) is 6.26 Å². The molecule has 0 unspecified atom stereocenters. The van der Waals surface area contributed by atoms with Gasteiger partial charge < -0.3 is 0 Å². The highest BCUT2D eigenvalue weighted by Gasteiger charge is 2.11. The topological polar surface area (TPSA) is 46.2 Å². The molecule has 0 aliphatic rings. The SMILES string of the molecule is Cc1ccccc1[C@H](C)NS(C)(=O)=O. The van der Waals surface area contributed by atoms with Crippen LogP contribution in [0.15, 0.2) is 24.3 Å². The summed E-state index contributed by atoms with van der Waals surface area (Å²) < 4.78 is 24.6. The molecule has 1 rings (SSSR count). The lowest BCUT2D eigenvalue weighted by atomic mass is 10.0. The van der Waals surface area contributed by atoms with Gasteiger partial charge in [-0.3, -0.25) is 0 Å². The fraction of sp³-hybridized carbons (Fsp3) is 0.400. The molecule has 0 bridgehead atoms. The lowest BCUT2D eigenvalue weighted by Gasteiger charge is -2.14. The normalized spacial score (nSPS) is 13.9. The van der Waals surface area contributed by atoms with Crippen molar-refractivity contribution >= 4 is 10.0 Å². The first-order valence-electron chi connectivity index (χ1n) is 4.43. The van der Waals surface area contributed by atoms with Crippen molar-refractivity contribution in [1.82, 2.24) is 4.72 Å². The van der Waals surface area contributed by atoms with Gasteiger partial charge in [-0.05, 0) is 25.0 Å². The molecule has 4 heteroatoms. The Morgan fingerprint density at radius 3 is 2.36 bits per heavy atom. The summed E-state index contributed by atoms with van der Waals surface area (Å²) in [6, 6.07) is 7.56. The number of rotatable bonds is 3. The summed E-state index contributed by atoms with van der Waals surface area (Å²) in [5.41, 5.74) is 2.11. The standard InChI is InChI=1S/C10H15NO2S/c1-8-6-4-5-7-10(8)9(2)11-14(3,12)13/h4-7,9,11H,1-3H3/t9-/m0/s1. The van der Waals surface area contributed by atoms with E-state index in [4.69, 9.17) is 0 Å². The molecule has 3 nitrogen and oxygen atoms in total. The van der Waals surface area contributed by atoms with E-state index in [1.807, 2.05) is 38.1 Å². The maximum absolute atomic E-state index is 11.0. The van der Waals surface area contributed by atoms with Gasteiger partial charge in [0.1, 0.15) is 0 Å². The van der Waals surface area contributed by atoms with Gasteiger partial charge in [-0.2, -0.15) is 0 Å². The zero-order valence-electron chi connectivity index (χ0n) is 8.61. The molecule has 1 aromatic carbocycles. The van der Waals surface area contributed by atoms with Gasteiger partial charge in [0, 0.05) is 6.04 Å². The van der Waals surface area contributed by atoms with Crippen LogP contribution in [0, 0.1) is 6.92 Å². The predicted octanol–water partition coefficient (Wildman–Crippen LogP) is 1.61. The van der Waals surface area contributed by atoms with Crippen LogP contribution in [0.3, 0.4) is 0 Å². The quantitative estimate of drug-likeness (QED) is 0.829. The number of benzene rings is 1. The van der Waals surface area contributed by atoms with E-state index in [2.05, 4.69) is 4.72 Å². The van der Waals surface area contributed by atoms with E-state index in [1.54, 1.807) is 0 Å². The second-order valence-electron chi connectivity index (χ2n) is 3.47. The minimum absolute atomic E-state index is 0.175. The fourth-order valence-electron chi connectivity index (χ4n) is 1.46. The molecule has 0 heterocycles. The van der Waals surface area contributed by atoms with Crippen LogP contribution in [-0.2, 0) is 10.0 Å². The fourth-order valence-corrected chi connectivity index (χ4v) is 2.23. The summed E-state index contributed by atoms with van der Waals surface area (Å²) >= 11 is 0. The molecule has 0 aliphatic carbocycles. The van der Waals surface area contributed by atoms with Crippen LogP contribution in [0.1, 0.15) is 24.1 Å². The maximum atomic E-state index is 11.0. The first-order chi connectivity index (χ1) is 6.40. The first kappa shape index (κ1) is 11.2. The average Bonchev–Trinajstić information content (AvgIpc) is 2.01. The van der Waals surface area contributed by atoms with Gasteiger partial charge >= 0.3 is 0 Å². The molecule has 0 radical (unpaired) electrons. The molecule has 1 N–H and O–H groups in total. The van der Waals surface area contributed by atoms with Crippen LogP contribution in [0.25, 0.3) is 0 Å². The number of nitrogens with one attached hydrogen (secondary N) is 1. The Morgan fingerprint density at radius 2 is 1.86 bits per heavy atom. The maximum Gasteiger partial charge on any atom is 0.209 e. The monoisotopic (exact) mass is 213 g/mol. The van der Waals surface area contributed by atoms with E-state index in [1.165, 1.54) is 6.26 Å². The van der Waals surface area contributed by atoms with Crippen molar-refractivity contribution in [3.05, 3.63) is 35.4 Å². The van der Waals surface area contributed by atoms with Gasteiger partial charge in [0.15, 0.2) is 0 Å². The second-order valence-corrected chi connectivity index (χ2v) is 5.25. The summed E-state index contributed by atoms with van der Waals surface area (Å²) in [4.78, 5) is 0. The minimum atomic E-state index is -3.14. The minimum Gasteiger partial charge on any atom is -0.213 e. The third kappa shape index (κ3) is 3.12. The Balaban J connectivity index is 2.90. The summed E-state index contributed by atoms with van der Waals surface area (Å²) in [6.07, 6.45) is 1.17. The molecule has 14 heavy (non-hydrogen) atoms. The molecule has 0 saturated heterocycles. The molecule has 78 valence electrons. The predicted molar refractivity (Wildman–Crippen MR) is 57.6 cm³/mol. The molecular weight excluding hydrogens is 198 g/mol. The van der Waals surface area contributed by atoms with E-state index in [0.29, 0.717) is 0 Å². The number of hydrogen-bond donors (Lipinski definition) is 1. The van der Waals surface area contributed by atoms with Crippen LogP contribution < -0.4 is 4.72 Å². The van der Waals surface area contributed by atoms with E-state index in [9.17, 15) is 8.42 Å². The van der Waals surface area contributed by atoms with Gasteiger partial charge in [-0.1, -0.05) is 24.3 Å². The molecule has 0 saturated carbocycles. The highest BCUT2D eigenvalue weighted by atomic mass is 32.2. The molecule has 0 spiro atoms. The van der Waals surface area contributed by atoms with Crippen LogP contribution in [0.2, 0.25) is 0 Å². The van der Waals surface area contributed by atoms with Crippen molar-refractivity contribution < 1.29 is 8.42 Å². The Labute approximate surface area is 85.2 Å². The summed E-state index contributed by atoms with van der Waals surface area (Å²) in [7, 11) is -3.14. The smallest absolute Gasteiger partial charge is 0.209 e. The molecular formula is C10H15NO2S. The number of aryl methyl sites for hydroxylation is 1. The highest BCUT2D eigenvalue weighted by Crippen LogP contribution is 2.16. The van der Waals surface area contributed by atoms with Gasteiger partial charge in [-0.15, -0.1) is 0 Å². The molecule has 0 fully saturated rings. The number of hydrogen-bond acceptors (Lipinski definition) is 2. The summed E-state index contributed by atoms with van der Waals surface area (Å²) in [5.74, 6) is 0. The highest BCUT2D eigenvalue weighted by molar-refractivity contribution is 7.88. The first-order valence-corrected chi connectivity index (χ1v) is 6.32. The van der Waals surface area contributed by atoms with Gasteiger partial charge in [0.2, 0.25) is 10.0 Å². The Morgan fingerprint density at radius 1 is 1.29 bits per heavy atom. The van der Waals surface area contributed by atoms with Gasteiger partial charge in [-0.25, -0.2) is 13.1 Å². The third-order valence-corrected chi connectivity index (χ3v) is 2.83. The van der Waals surface area contributed by atoms with E-state index in [-0.39, 0.29) is 6.04 Å². The molecule has 1 aromatic rings. The van der Waals surface area contributed by atoms with E-state index >= 15 is 0 Å². The largest absolute Gasteiger partial charge is 0.213 e. The van der Waals surface area contributed by atoms with Crippen molar-refractivity contribution in [2.45, 2.75) is 19.9 Å². The van der Waals surface area contributed by atoms with Gasteiger partial charge in [0.05, 0.1) is 6.26 Å². The average molecular weight is 213 g/mol. The van der Waals surface area contributed by atoms with Crippen LogP contribution in [0.4, 0.5) is 0 Å². The van der Waals surface area contributed by atoms with Crippen molar-refractivity contribution in [3.63, 3.8) is 0 Å². The summed E-state index contributed by atoms with van der Waals surface area (Å²) in [5, 5.41) is 0. The molecule has 0 amide bonds. The third-order valence-electron chi connectivity index (χ3n) is 2.05. The zero-order valence-corrected chi connectivity index (χ0v) is 9.43. The van der Waals surface area contributed by atoms with Gasteiger partial charge in [0.25, 0.3) is 0 Å². The molecule has 1 atom stereocenters. The van der Waals surface area contributed by atoms with Crippen LogP contribution >= 0.6 is 0 Å². The van der Waals surface area contributed by atoms with E-state index < -0.39 is 10.0 Å². The van der Waals surface area contributed by atoms with Crippen LogP contribution in [0.5, 0.6) is 0 Å². The number of sulfonamides is 1. The lowest BCUT2D eigenvalue weighted by Crippen LogP contribution is -2.25. The molecule has 0 aliphatic heterocycles. The van der Waals surface area contributed by atoms with Crippen molar-refractivity contribution in [1.29, 1.82) is 0 Å². The van der Waals surface area contributed by atoms with Crippen molar-refractivity contribution in [3.8, 4) is 0 Å². The Kier molecular flexibility index (Phi) is 3.29. The zero-order chi connectivity index (χ0) is 10.8. The van der Waals surface area contributed by atoms with Crippen molar-refractivity contribution in [2.24, 2.45) is 0 Å².